The van der Waals surface area contributed by atoms with E-state index in [9.17, 15) is 4.79 Å². The van der Waals surface area contributed by atoms with Crippen molar-refractivity contribution < 1.29 is 4.79 Å². The summed E-state index contributed by atoms with van der Waals surface area (Å²) in [7, 11) is 0. The maximum atomic E-state index is 12.2. The third kappa shape index (κ3) is 4.77. The van der Waals surface area contributed by atoms with Crippen molar-refractivity contribution in [2.24, 2.45) is 0 Å². The van der Waals surface area contributed by atoms with E-state index in [1.165, 1.54) is 0 Å². The molecule has 0 saturated heterocycles. The van der Waals surface area contributed by atoms with Gasteiger partial charge in [-0.2, -0.15) is 0 Å². The van der Waals surface area contributed by atoms with Crippen LogP contribution in [0.5, 0.6) is 0 Å². The summed E-state index contributed by atoms with van der Waals surface area (Å²) in [6.07, 6.45) is 0. The highest BCUT2D eigenvalue weighted by atomic mass is 35.6. The summed E-state index contributed by atoms with van der Waals surface area (Å²) >= 11 is 17.4. The smallest absolute Gasteiger partial charge is 0.308 e. The number of alkyl halides is 3. The molecule has 0 atom stereocenters. The van der Waals surface area contributed by atoms with Gasteiger partial charge in [0.25, 0.3) is 0 Å². The van der Waals surface area contributed by atoms with Gasteiger partial charge in [-0.15, -0.1) is 0 Å². The van der Waals surface area contributed by atoms with Gasteiger partial charge in [0.15, 0.2) is 0 Å². The van der Waals surface area contributed by atoms with Gasteiger partial charge >= 0.3 is 6.03 Å². The first-order chi connectivity index (χ1) is 10.7. The van der Waals surface area contributed by atoms with E-state index < -0.39 is 3.79 Å². The normalized spacial score (nSPS) is 11.2. The van der Waals surface area contributed by atoms with Crippen LogP contribution >= 0.6 is 34.8 Å². The molecule has 2 amide bonds. The van der Waals surface area contributed by atoms with Crippen molar-refractivity contribution in [3.05, 3.63) is 58.7 Å². The molecule has 2 rings (SSSR count). The van der Waals surface area contributed by atoms with E-state index >= 15 is 0 Å². The molecular formula is C17H17Cl3N2O. The highest BCUT2D eigenvalue weighted by Crippen LogP contribution is 2.38. The maximum Gasteiger partial charge on any atom is 0.323 e. The fraction of sp³-hybridized carbons (Fsp3) is 0.235. The minimum absolute atomic E-state index is 0.318. The van der Waals surface area contributed by atoms with Crippen molar-refractivity contribution in [3.63, 3.8) is 0 Å². The van der Waals surface area contributed by atoms with Gasteiger partial charge in [0, 0.05) is 16.9 Å². The van der Waals surface area contributed by atoms with E-state index in [0.717, 1.165) is 22.4 Å². The standard InChI is InChI=1S/C17H17Cl3N2O/c1-10-8-11(2)15(12(3)9-10)22-16(23)21-14-6-4-13(5-7-14)17(18,19)20/h4-9H,1-3H3,(H2,21,22,23). The molecule has 0 saturated carbocycles. The predicted octanol–water partition coefficient (Wildman–Crippen LogP) is 6.08. The first-order valence-electron chi connectivity index (χ1n) is 7.00. The first kappa shape index (κ1) is 17.9. The van der Waals surface area contributed by atoms with Crippen LogP contribution in [0.1, 0.15) is 22.3 Å². The molecule has 23 heavy (non-hydrogen) atoms. The zero-order valence-corrected chi connectivity index (χ0v) is 15.3. The lowest BCUT2D eigenvalue weighted by Gasteiger charge is -2.14. The Morgan fingerprint density at radius 2 is 1.43 bits per heavy atom. The van der Waals surface area contributed by atoms with Crippen molar-refractivity contribution in [2.75, 3.05) is 10.6 Å². The largest absolute Gasteiger partial charge is 0.323 e. The summed E-state index contributed by atoms with van der Waals surface area (Å²) in [6.45, 7) is 5.95. The molecule has 2 N–H and O–H groups in total. The summed E-state index contributed by atoms with van der Waals surface area (Å²) in [6, 6.07) is 10.4. The molecule has 0 bridgehead atoms. The number of aryl methyl sites for hydroxylation is 3. The number of nitrogens with one attached hydrogen (secondary N) is 2. The van der Waals surface area contributed by atoms with Crippen LogP contribution in [0.25, 0.3) is 0 Å². The second kappa shape index (κ2) is 7.00. The van der Waals surface area contributed by atoms with Crippen molar-refractivity contribution in [3.8, 4) is 0 Å². The number of amides is 2. The minimum Gasteiger partial charge on any atom is -0.308 e. The van der Waals surface area contributed by atoms with E-state index in [0.29, 0.717) is 11.3 Å². The number of hydrogen-bond acceptors (Lipinski definition) is 1. The molecule has 0 aliphatic carbocycles. The molecule has 122 valence electrons. The zero-order valence-electron chi connectivity index (χ0n) is 13.0. The summed E-state index contributed by atoms with van der Waals surface area (Å²) < 4.78 is -1.48. The highest BCUT2D eigenvalue weighted by molar-refractivity contribution is 6.66. The Morgan fingerprint density at radius 1 is 0.913 bits per heavy atom. The van der Waals surface area contributed by atoms with Gasteiger partial charge in [-0.3, -0.25) is 0 Å². The SMILES string of the molecule is Cc1cc(C)c(NC(=O)Nc2ccc(C(Cl)(Cl)Cl)cc2)c(C)c1. The van der Waals surface area contributed by atoms with Crippen LogP contribution in [0.15, 0.2) is 36.4 Å². The van der Waals surface area contributed by atoms with E-state index in [1.54, 1.807) is 24.3 Å². The van der Waals surface area contributed by atoms with Crippen molar-refractivity contribution in [1.82, 2.24) is 0 Å². The van der Waals surface area contributed by atoms with Crippen LogP contribution in [0.3, 0.4) is 0 Å². The third-order valence-corrected chi connectivity index (χ3v) is 4.04. The Labute approximate surface area is 150 Å². The molecular weight excluding hydrogens is 355 g/mol. The summed E-state index contributed by atoms with van der Waals surface area (Å²) in [5, 5.41) is 5.63. The maximum absolute atomic E-state index is 12.2. The van der Waals surface area contributed by atoms with E-state index in [2.05, 4.69) is 10.6 Å². The lowest BCUT2D eigenvalue weighted by atomic mass is 10.1. The Hall–Kier alpha value is -1.42. The van der Waals surface area contributed by atoms with Gasteiger partial charge in [-0.05, 0) is 44.0 Å². The molecule has 2 aromatic carbocycles. The van der Waals surface area contributed by atoms with Gasteiger partial charge < -0.3 is 10.6 Å². The number of urea groups is 1. The average molecular weight is 372 g/mol. The van der Waals surface area contributed by atoms with Gasteiger partial charge in [0.05, 0.1) is 0 Å². The number of halogens is 3. The number of anilines is 2. The van der Waals surface area contributed by atoms with Gasteiger partial charge in [-0.1, -0.05) is 64.6 Å². The quantitative estimate of drug-likeness (QED) is 0.617. The zero-order chi connectivity index (χ0) is 17.2. The van der Waals surface area contributed by atoms with Crippen LogP contribution in [0.4, 0.5) is 16.2 Å². The number of carbonyl (C=O) groups is 1. The molecule has 0 heterocycles. The number of benzene rings is 2. The molecule has 3 nitrogen and oxygen atoms in total. The number of hydrogen-bond donors (Lipinski definition) is 2. The minimum atomic E-state index is -1.48. The van der Waals surface area contributed by atoms with E-state index in [-0.39, 0.29) is 6.03 Å². The van der Waals surface area contributed by atoms with Gasteiger partial charge in [-0.25, -0.2) is 4.79 Å². The molecule has 0 aromatic heterocycles. The molecule has 0 spiro atoms. The molecule has 0 fully saturated rings. The monoisotopic (exact) mass is 370 g/mol. The van der Waals surface area contributed by atoms with Crippen molar-refractivity contribution >= 4 is 52.2 Å². The predicted molar refractivity (Wildman–Crippen MR) is 99.0 cm³/mol. The Balaban J connectivity index is 2.08. The second-order valence-corrected chi connectivity index (χ2v) is 7.71. The van der Waals surface area contributed by atoms with Gasteiger partial charge in [0.2, 0.25) is 3.79 Å². The van der Waals surface area contributed by atoms with Crippen LogP contribution in [0.2, 0.25) is 0 Å². The van der Waals surface area contributed by atoms with Crippen LogP contribution in [-0.2, 0) is 3.79 Å². The highest BCUT2D eigenvalue weighted by Gasteiger charge is 2.22. The van der Waals surface area contributed by atoms with Crippen molar-refractivity contribution in [1.29, 1.82) is 0 Å². The third-order valence-electron chi connectivity index (χ3n) is 3.39. The molecule has 0 aliphatic rings. The Morgan fingerprint density at radius 3 is 1.91 bits per heavy atom. The number of rotatable bonds is 2. The number of carbonyl (C=O) groups excluding carboxylic acids is 1. The lowest BCUT2D eigenvalue weighted by molar-refractivity contribution is 0.262. The molecule has 0 unspecified atom stereocenters. The first-order valence-corrected chi connectivity index (χ1v) is 8.13. The Kier molecular flexibility index (Phi) is 5.45. The van der Waals surface area contributed by atoms with Gasteiger partial charge in [0.1, 0.15) is 0 Å². The molecule has 0 radical (unpaired) electrons. The topological polar surface area (TPSA) is 41.1 Å². The van der Waals surface area contributed by atoms with Crippen LogP contribution in [-0.4, -0.2) is 6.03 Å². The lowest BCUT2D eigenvalue weighted by Crippen LogP contribution is -2.20. The summed E-state index contributed by atoms with van der Waals surface area (Å²) in [4.78, 5) is 12.2. The molecule has 2 aromatic rings. The average Bonchev–Trinajstić information content (AvgIpc) is 2.42. The van der Waals surface area contributed by atoms with Crippen LogP contribution in [0, 0.1) is 20.8 Å². The van der Waals surface area contributed by atoms with Crippen molar-refractivity contribution in [2.45, 2.75) is 24.6 Å². The van der Waals surface area contributed by atoms with E-state index in [4.69, 9.17) is 34.8 Å². The Bertz CT molecular complexity index is 699. The molecule has 0 aliphatic heterocycles. The summed E-state index contributed by atoms with van der Waals surface area (Å²) in [5.74, 6) is 0. The fourth-order valence-electron chi connectivity index (χ4n) is 2.40. The molecule has 6 heteroatoms. The summed E-state index contributed by atoms with van der Waals surface area (Å²) in [5.41, 5.74) is 5.16. The van der Waals surface area contributed by atoms with Crippen LogP contribution < -0.4 is 10.6 Å². The fourth-order valence-corrected chi connectivity index (χ4v) is 2.77. The second-order valence-electron chi connectivity index (χ2n) is 5.43. The van der Waals surface area contributed by atoms with E-state index in [1.807, 2.05) is 32.9 Å².